The first-order chi connectivity index (χ1) is 8.61. The monoisotopic (exact) mass is 478 g/mol. The maximum Gasteiger partial charge on any atom is 1.00 e. The maximum atomic E-state index is 10.1. The molecule has 20 heavy (non-hydrogen) atoms. The summed E-state index contributed by atoms with van der Waals surface area (Å²) in [5, 5.41) is 20.2. The van der Waals surface area contributed by atoms with Crippen LogP contribution in [-0.4, -0.2) is 11.9 Å². The third kappa shape index (κ3) is 8.11. The summed E-state index contributed by atoms with van der Waals surface area (Å²) in [7, 11) is 0. The average molecular weight is 479 g/mol. The summed E-state index contributed by atoms with van der Waals surface area (Å²) in [6.45, 7) is 0. The Bertz CT molecular complexity index is 468. The second-order valence-corrected chi connectivity index (χ2v) is 3.31. The Hall–Kier alpha value is -1.15. The number of aromatic carboxylic acids is 2. The Kier molecular flexibility index (Phi) is 12.3. The van der Waals surface area contributed by atoms with Gasteiger partial charge in [-0.15, -0.1) is 0 Å². The fourth-order valence-electron chi connectivity index (χ4n) is 1.15. The van der Waals surface area contributed by atoms with Crippen LogP contribution in [0, 0.1) is 0 Å². The van der Waals surface area contributed by atoms with Gasteiger partial charge in [0.25, 0.3) is 0 Å². The van der Waals surface area contributed by atoms with Crippen LogP contribution in [0.3, 0.4) is 0 Å². The molecule has 0 unspecified atom stereocenters. The third-order valence-corrected chi connectivity index (χ3v) is 2.02. The summed E-state index contributed by atoms with van der Waals surface area (Å²) >= 11 is 0. The zero-order valence-electron chi connectivity index (χ0n) is 10.2. The molecular weight excluding hydrogens is 467 g/mol. The first-order valence-electron chi connectivity index (χ1n) is 5.14. The predicted octanol–water partition coefficient (Wildman–Crippen LogP) is -3.43. The summed E-state index contributed by atoms with van der Waals surface area (Å²) in [5.41, 5.74) is 0.440. The number of carboxylic acids is 2. The minimum absolute atomic E-state index is 0. The average Bonchev–Trinajstić information content (AvgIpc) is 2.41. The van der Waals surface area contributed by atoms with Gasteiger partial charge in [-0.1, -0.05) is 60.7 Å². The molecule has 0 aliphatic carbocycles. The van der Waals surface area contributed by atoms with Crippen LogP contribution in [0.25, 0.3) is 0 Å². The van der Waals surface area contributed by atoms with Gasteiger partial charge in [-0.05, 0) is 11.1 Å². The van der Waals surface area contributed by atoms with Crippen molar-refractivity contribution >= 4 is 11.9 Å². The first kappa shape index (κ1) is 21.2. The number of hydrogen-bond acceptors (Lipinski definition) is 4. The number of hydrogen-bond donors (Lipinski definition) is 0. The SMILES string of the molecule is O=C([O-])c1ccccc1.O=C([O-])c1ccccc1.[Ag+].[IH2+]. The number of rotatable bonds is 2. The van der Waals surface area contributed by atoms with Crippen molar-refractivity contribution in [2.75, 3.05) is 0 Å². The minimum Gasteiger partial charge on any atom is -0.545 e. The Labute approximate surface area is 149 Å². The smallest absolute Gasteiger partial charge is 0.545 e. The Morgan fingerprint density at radius 2 is 0.900 bits per heavy atom. The number of carbonyl (C=O) groups excluding carboxylic acids is 2. The molecule has 0 spiro atoms. The van der Waals surface area contributed by atoms with E-state index in [-0.39, 0.29) is 57.5 Å². The summed E-state index contributed by atoms with van der Waals surface area (Å²) in [6.07, 6.45) is 0. The number of carbonyl (C=O) groups is 2. The Morgan fingerprint density at radius 3 is 1.05 bits per heavy atom. The van der Waals surface area contributed by atoms with Crippen LogP contribution in [0.1, 0.15) is 20.7 Å². The van der Waals surface area contributed by atoms with Crippen LogP contribution in [-0.2, 0) is 22.4 Å². The molecule has 0 radical (unpaired) electrons. The quantitative estimate of drug-likeness (QED) is 0.332. The van der Waals surface area contributed by atoms with E-state index in [4.69, 9.17) is 0 Å². The molecule has 110 valence electrons. The van der Waals surface area contributed by atoms with E-state index in [0.29, 0.717) is 0 Å². The van der Waals surface area contributed by atoms with Crippen LogP contribution in [0.2, 0.25) is 0 Å². The fraction of sp³-hybridized carbons (Fsp3) is 0. The summed E-state index contributed by atoms with van der Waals surface area (Å²) in [5.74, 6) is -2.26. The van der Waals surface area contributed by atoms with E-state index >= 15 is 0 Å². The van der Waals surface area contributed by atoms with Crippen LogP contribution in [0.5, 0.6) is 0 Å². The van der Waals surface area contributed by atoms with E-state index in [1.165, 1.54) is 24.3 Å². The second kappa shape index (κ2) is 11.7. The molecule has 4 nitrogen and oxygen atoms in total. The zero-order valence-corrected chi connectivity index (χ0v) is 14.2. The number of carboxylic acid groups (broad SMARTS) is 2. The second-order valence-electron chi connectivity index (χ2n) is 3.31. The zero-order chi connectivity index (χ0) is 13.4. The molecular formula is C14H12AgIO4. The molecule has 0 aromatic heterocycles. The molecule has 0 saturated heterocycles. The molecule has 0 aliphatic heterocycles. The Morgan fingerprint density at radius 1 is 0.650 bits per heavy atom. The van der Waals surface area contributed by atoms with E-state index in [9.17, 15) is 19.8 Å². The van der Waals surface area contributed by atoms with Gasteiger partial charge in [0, 0.05) is 0 Å². The van der Waals surface area contributed by atoms with Crippen LogP contribution >= 0.6 is 0 Å². The van der Waals surface area contributed by atoms with Crippen molar-refractivity contribution in [1.82, 2.24) is 0 Å². The standard InChI is InChI=1S/2C7H6O2.Ag.H2I/c2*8-7(9)6-4-2-1-3-5-6;;/h2*1-5H,(H,8,9);;1H2/q;;2*+1/p-2. The number of halogens is 1. The molecule has 0 amide bonds. The predicted molar refractivity (Wildman–Crippen MR) is 64.3 cm³/mol. The van der Waals surface area contributed by atoms with Crippen molar-refractivity contribution in [2.24, 2.45) is 0 Å². The summed E-state index contributed by atoms with van der Waals surface area (Å²) in [4.78, 5) is 20.2. The molecule has 0 aliphatic rings. The van der Waals surface area contributed by atoms with Crippen molar-refractivity contribution in [3.8, 4) is 0 Å². The van der Waals surface area contributed by atoms with Gasteiger partial charge in [0.15, 0.2) is 0 Å². The number of benzene rings is 2. The van der Waals surface area contributed by atoms with Crippen molar-refractivity contribution in [3.05, 3.63) is 71.8 Å². The normalized spacial score (nSPS) is 8.00. The topological polar surface area (TPSA) is 80.3 Å². The van der Waals surface area contributed by atoms with Gasteiger partial charge in [-0.2, -0.15) is 0 Å². The van der Waals surface area contributed by atoms with Gasteiger partial charge in [-0.25, -0.2) is 0 Å². The summed E-state index contributed by atoms with van der Waals surface area (Å²) < 4.78 is 0. The molecule has 0 saturated carbocycles. The van der Waals surface area contributed by atoms with Gasteiger partial charge >= 0.3 is 22.4 Å². The molecule has 0 heterocycles. The Balaban J connectivity index is 0. The molecule has 0 bridgehead atoms. The van der Waals surface area contributed by atoms with Gasteiger partial charge in [0.2, 0.25) is 24.0 Å². The first-order valence-corrected chi connectivity index (χ1v) is 5.14. The van der Waals surface area contributed by atoms with Crippen molar-refractivity contribution in [3.63, 3.8) is 0 Å². The molecule has 0 fully saturated rings. The largest absolute Gasteiger partial charge is 1.00 e. The molecule has 2 rings (SSSR count). The van der Waals surface area contributed by atoms with Crippen LogP contribution < -0.4 is 34.2 Å². The van der Waals surface area contributed by atoms with Crippen molar-refractivity contribution in [2.45, 2.75) is 0 Å². The molecule has 2 aromatic rings. The van der Waals surface area contributed by atoms with Crippen LogP contribution in [0.4, 0.5) is 0 Å². The van der Waals surface area contributed by atoms with Gasteiger partial charge in [0.05, 0.1) is 11.9 Å². The maximum absolute atomic E-state index is 10.1. The van der Waals surface area contributed by atoms with Crippen molar-refractivity contribution in [1.29, 1.82) is 0 Å². The third-order valence-electron chi connectivity index (χ3n) is 2.02. The fourth-order valence-corrected chi connectivity index (χ4v) is 1.15. The molecule has 0 N–H and O–H groups in total. The van der Waals surface area contributed by atoms with Gasteiger partial charge < -0.3 is 19.8 Å². The van der Waals surface area contributed by atoms with E-state index in [0.717, 1.165) is 0 Å². The molecule has 6 heteroatoms. The van der Waals surface area contributed by atoms with E-state index in [2.05, 4.69) is 0 Å². The minimum atomic E-state index is -1.13. The van der Waals surface area contributed by atoms with E-state index in [1.807, 2.05) is 0 Å². The molecule has 2 aromatic carbocycles. The van der Waals surface area contributed by atoms with Crippen LogP contribution in [0.15, 0.2) is 60.7 Å². The van der Waals surface area contributed by atoms with Crippen molar-refractivity contribution < 1.29 is 66.2 Å². The van der Waals surface area contributed by atoms with E-state index < -0.39 is 11.9 Å². The van der Waals surface area contributed by atoms with E-state index in [1.54, 1.807) is 36.4 Å². The molecule has 0 atom stereocenters. The van der Waals surface area contributed by atoms with Gasteiger partial charge in [-0.3, -0.25) is 0 Å². The van der Waals surface area contributed by atoms with Gasteiger partial charge in [0.1, 0.15) is 0 Å². The summed E-state index contributed by atoms with van der Waals surface area (Å²) in [6, 6.07) is 16.1.